The van der Waals surface area contributed by atoms with Crippen molar-refractivity contribution in [2.24, 2.45) is 0 Å². The van der Waals surface area contributed by atoms with Crippen molar-refractivity contribution in [3.05, 3.63) is 60.2 Å². The molecule has 1 N–H and O–H groups in total. The molecule has 9 heteroatoms. The SMILES string of the molecule is CCCCNC(=O)[C@@H](CC)N(CCc1ccccc1)C(=O)CN(c1ccccc1OC)S(C)(=O)=O. The van der Waals surface area contributed by atoms with Crippen LogP contribution in [0.3, 0.4) is 0 Å². The highest BCUT2D eigenvalue weighted by Gasteiger charge is 2.32. The molecule has 0 heterocycles. The van der Waals surface area contributed by atoms with E-state index in [2.05, 4.69) is 5.32 Å². The van der Waals surface area contributed by atoms with Gasteiger partial charge in [0.2, 0.25) is 21.8 Å². The average Bonchev–Trinajstić information content (AvgIpc) is 2.84. The van der Waals surface area contributed by atoms with Gasteiger partial charge in [0.15, 0.2) is 0 Å². The summed E-state index contributed by atoms with van der Waals surface area (Å²) < 4.78 is 31.8. The molecule has 2 aromatic carbocycles. The van der Waals surface area contributed by atoms with Crippen molar-refractivity contribution in [2.75, 3.05) is 37.3 Å². The first kappa shape index (κ1) is 28.2. The molecule has 35 heavy (non-hydrogen) atoms. The number of amides is 2. The number of methoxy groups -OCH3 is 1. The van der Waals surface area contributed by atoms with Crippen LogP contribution in [0.25, 0.3) is 0 Å². The van der Waals surface area contributed by atoms with Crippen LogP contribution in [0, 0.1) is 0 Å². The fourth-order valence-electron chi connectivity index (χ4n) is 3.83. The van der Waals surface area contributed by atoms with Gasteiger partial charge >= 0.3 is 0 Å². The van der Waals surface area contributed by atoms with Crippen molar-refractivity contribution >= 4 is 27.5 Å². The van der Waals surface area contributed by atoms with Crippen LogP contribution in [-0.4, -0.2) is 64.2 Å². The molecule has 192 valence electrons. The van der Waals surface area contributed by atoms with Crippen molar-refractivity contribution in [2.45, 2.75) is 45.6 Å². The van der Waals surface area contributed by atoms with E-state index in [-0.39, 0.29) is 18.1 Å². The Morgan fingerprint density at radius 3 is 2.29 bits per heavy atom. The van der Waals surface area contributed by atoms with Gasteiger partial charge in [0, 0.05) is 13.1 Å². The summed E-state index contributed by atoms with van der Waals surface area (Å²) in [6.07, 6.45) is 3.78. The Morgan fingerprint density at radius 1 is 1.03 bits per heavy atom. The minimum Gasteiger partial charge on any atom is -0.495 e. The van der Waals surface area contributed by atoms with Gasteiger partial charge in [-0.05, 0) is 37.0 Å². The zero-order valence-corrected chi connectivity index (χ0v) is 21.9. The third-order valence-electron chi connectivity index (χ3n) is 5.73. The molecule has 2 aromatic rings. The summed E-state index contributed by atoms with van der Waals surface area (Å²) in [4.78, 5) is 28.1. The highest BCUT2D eigenvalue weighted by molar-refractivity contribution is 7.92. The number of hydrogen-bond donors (Lipinski definition) is 1. The van der Waals surface area contributed by atoms with Crippen LogP contribution in [0.1, 0.15) is 38.7 Å². The van der Waals surface area contributed by atoms with Crippen molar-refractivity contribution in [3.63, 3.8) is 0 Å². The van der Waals surface area contributed by atoms with E-state index in [0.717, 1.165) is 29.0 Å². The number of para-hydroxylation sites is 2. The molecule has 0 bridgehead atoms. The maximum absolute atomic E-state index is 13.6. The first-order chi connectivity index (χ1) is 16.7. The van der Waals surface area contributed by atoms with Gasteiger partial charge in [0.25, 0.3) is 0 Å². The van der Waals surface area contributed by atoms with E-state index in [4.69, 9.17) is 4.74 Å². The quantitative estimate of drug-likeness (QED) is 0.400. The summed E-state index contributed by atoms with van der Waals surface area (Å²) in [5.41, 5.74) is 1.30. The normalized spacial score (nSPS) is 12.0. The second kappa shape index (κ2) is 13.7. The number of benzene rings is 2. The molecule has 0 saturated heterocycles. The number of nitrogens with one attached hydrogen (secondary N) is 1. The largest absolute Gasteiger partial charge is 0.495 e. The lowest BCUT2D eigenvalue weighted by Gasteiger charge is -2.33. The van der Waals surface area contributed by atoms with E-state index in [0.29, 0.717) is 25.1 Å². The minimum absolute atomic E-state index is 0.231. The maximum atomic E-state index is 13.6. The molecule has 0 radical (unpaired) electrons. The van der Waals surface area contributed by atoms with Crippen molar-refractivity contribution < 1.29 is 22.7 Å². The number of ether oxygens (including phenoxy) is 1. The van der Waals surface area contributed by atoms with Gasteiger partial charge in [0.1, 0.15) is 18.3 Å². The zero-order valence-electron chi connectivity index (χ0n) is 21.1. The van der Waals surface area contributed by atoms with Gasteiger partial charge in [-0.1, -0.05) is 62.7 Å². The maximum Gasteiger partial charge on any atom is 0.244 e. The Balaban J connectivity index is 2.36. The van der Waals surface area contributed by atoms with Crippen LogP contribution in [0.5, 0.6) is 5.75 Å². The van der Waals surface area contributed by atoms with Crippen LogP contribution in [0.15, 0.2) is 54.6 Å². The summed E-state index contributed by atoms with van der Waals surface area (Å²) in [6, 6.07) is 15.6. The Hall–Kier alpha value is -3.07. The summed E-state index contributed by atoms with van der Waals surface area (Å²) >= 11 is 0. The number of carbonyl (C=O) groups excluding carboxylic acids is 2. The summed E-state index contributed by atoms with van der Waals surface area (Å²) in [7, 11) is -2.37. The zero-order chi connectivity index (χ0) is 25.8. The van der Waals surface area contributed by atoms with Gasteiger partial charge in [-0.3, -0.25) is 13.9 Å². The molecule has 0 unspecified atom stereocenters. The summed E-state index contributed by atoms with van der Waals surface area (Å²) in [5.74, 6) is -0.341. The van der Waals surface area contributed by atoms with Gasteiger partial charge in [-0.2, -0.15) is 0 Å². The average molecular weight is 504 g/mol. The monoisotopic (exact) mass is 503 g/mol. The van der Waals surface area contributed by atoms with Gasteiger partial charge in [0.05, 0.1) is 19.1 Å². The molecule has 0 aliphatic heterocycles. The number of rotatable bonds is 14. The molecule has 0 fully saturated rings. The van der Waals surface area contributed by atoms with Crippen LogP contribution in [-0.2, 0) is 26.0 Å². The first-order valence-electron chi connectivity index (χ1n) is 11.9. The molecule has 2 rings (SSSR count). The summed E-state index contributed by atoms with van der Waals surface area (Å²) in [6.45, 7) is 4.26. The van der Waals surface area contributed by atoms with Crippen LogP contribution >= 0.6 is 0 Å². The van der Waals surface area contributed by atoms with E-state index in [9.17, 15) is 18.0 Å². The van der Waals surface area contributed by atoms with E-state index >= 15 is 0 Å². The number of sulfonamides is 1. The Morgan fingerprint density at radius 2 is 1.69 bits per heavy atom. The standard InChI is InChI=1S/C26H37N3O5S/c1-5-7-18-27-26(31)22(6-2)28(19-17-21-13-9-8-10-14-21)25(30)20-29(35(4,32)33)23-15-11-12-16-24(23)34-3/h8-16,22H,5-7,17-20H2,1-4H3,(H,27,31)/t22-/m1/s1. The predicted octanol–water partition coefficient (Wildman–Crippen LogP) is 3.23. The highest BCUT2D eigenvalue weighted by Crippen LogP contribution is 2.29. The molecule has 0 spiro atoms. The minimum atomic E-state index is -3.81. The lowest BCUT2D eigenvalue weighted by atomic mass is 10.1. The second-order valence-electron chi connectivity index (χ2n) is 8.33. The Kier molecular flexibility index (Phi) is 11.0. The fraction of sp³-hybridized carbons (Fsp3) is 0.462. The van der Waals surface area contributed by atoms with Crippen molar-refractivity contribution in [3.8, 4) is 5.75 Å². The van der Waals surface area contributed by atoms with Crippen molar-refractivity contribution in [1.29, 1.82) is 0 Å². The first-order valence-corrected chi connectivity index (χ1v) is 13.8. The Bertz CT molecular complexity index is 1060. The molecule has 8 nitrogen and oxygen atoms in total. The molecule has 0 aliphatic carbocycles. The molecule has 0 aliphatic rings. The van der Waals surface area contributed by atoms with E-state index < -0.39 is 28.5 Å². The smallest absolute Gasteiger partial charge is 0.244 e. The second-order valence-corrected chi connectivity index (χ2v) is 10.2. The summed E-state index contributed by atoms with van der Waals surface area (Å²) in [5, 5.41) is 2.92. The lowest BCUT2D eigenvalue weighted by molar-refractivity contribution is -0.139. The highest BCUT2D eigenvalue weighted by atomic mass is 32.2. The van der Waals surface area contributed by atoms with Crippen LogP contribution < -0.4 is 14.4 Å². The number of hydrogen-bond acceptors (Lipinski definition) is 5. The fourth-order valence-corrected chi connectivity index (χ4v) is 4.69. The van der Waals surface area contributed by atoms with E-state index in [1.165, 1.54) is 12.0 Å². The molecule has 2 amide bonds. The van der Waals surface area contributed by atoms with E-state index in [1.54, 1.807) is 24.3 Å². The Labute approximate surface area is 209 Å². The molecular formula is C26H37N3O5S. The van der Waals surface area contributed by atoms with E-state index in [1.807, 2.05) is 44.2 Å². The van der Waals surface area contributed by atoms with Gasteiger partial charge in [-0.25, -0.2) is 8.42 Å². The molecule has 0 saturated carbocycles. The lowest BCUT2D eigenvalue weighted by Crippen LogP contribution is -2.53. The third kappa shape index (κ3) is 8.28. The van der Waals surface area contributed by atoms with Crippen molar-refractivity contribution in [1.82, 2.24) is 10.2 Å². The topological polar surface area (TPSA) is 96.0 Å². The van der Waals surface area contributed by atoms with Crippen LogP contribution in [0.2, 0.25) is 0 Å². The third-order valence-corrected chi connectivity index (χ3v) is 6.86. The molecule has 0 aromatic heterocycles. The molecular weight excluding hydrogens is 466 g/mol. The number of anilines is 1. The molecule has 1 atom stereocenters. The number of carbonyl (C=O) groups is 2. The number of unbranched alkanes of at least 4 members (excludes halogenated alkanes) is 1. The van der Waals surface area contributed by atoms with Gasteiger partial charge in [-0.15, -0.1) is 0 Å². The van der Waals surface area contributed by atoms with Crippen LogP contribution in [0.4, 0.5) is 5.69 Å². The number of nitrogens with zero attached hydrogens (tertiary/aromatic N) is 2. The van der Waals surface area contributed by atoms with Gasteiger partial charge < -0.3 is 15.0 Å². The predicted molar refractivity (Wildman–Crippen MR) is 139 cm³/mol.